The maximum Gasteiger partial charge on any atom is 0.200 e. The highest BCUT2D eigenvalue weighted by molar-refractivity contribution is 6.31. The van der Waals surface area contributed by atoms with Gasteiger partial charge in [-0.15, -0.1) is 0 Å². The van der Waals surface area contributed by atoms with Gasteiger partial charge >= 0.3 is 0 Å². The molecule has 3 nitrogen and oxygen atoms in total. The number of rotatable bonds is 5. The summed E-state index contributed by atoms with van der Waals surface area (Å²) < 4.78 is 10.6. The van der Waals surface area contributed by atoms with E-state index in [9.17, 15) is 4.79 Å². The molecule has 98 valence electrons. The Morgan fingerprint density at radius 1 is 1.11 bits per heavy atom. The molecular weight excluding hydrogens is 264 g/mol. The Morgan fingerprint density at radius 3 is 2.53 bits per heavy atom. The molecule has 0 aliphatic carbocycles. The van der Waals surface area contributed by atoms with Crippen molar-refractivity contribution < 1.29 is 14.3 Å². The second kappa shape index (κ2) is 6.25. The standard InChI is InChI=1S/C15H13ClO3/c1-18-14-7-2-3-8-15(14)19-10-13(17)11-5-4-6-12(16)9-11/h2-9H,10H2,1H3. The summed E-state index contributed by atoms with van der Waals surface area (Å²) in [5.41, 5.74) is 0.530. The van der Waals surface area contributed by atoms with Gasteiger partial charge in [0.2, 0.25) is 0 Å². The van der Waals surface area contributed by atoms with E-state index in [0.29, 0.717) is 22.1 Å². The van der Waals surface area contributed by atoms with Crippen LogP contribution in [0, 0.1) is 0 Å². The van der Waals surface area contributed by atoms with Gasteiger partial charge in [-0.05, 0) is 24.3 Å². The summed E-state index contributed by atoms with van der Waals surface area (Å²) in [6, 6.07) is 14.0. The third-order valence-corrected chi connectivity index (χ3v) is 2.81. The number of para-hydroxylation sites is 2. The molecule has 2 aromatic rings. The minimum Gasteiger partial charge on any atom is -0.493 e. The third-order valence-electron chi connectivity index (χ3n) is 2.57. The number of benzene rings is 2. The molecule has 0 fully saturated rings. The van der Waals surface area contributed by atoms with Gasteiger partial charge in [0, 0.05) is 10.6 Å². The molecule has 0 aliphatic heterocycles. The Morgan fingerprint density at radius 2 is 1.84 bits per heavy atom. The SMILES string of the molecule is COc1ccccc1OCC(=O)c1cccc(Cl)c1. The zero-order chi connectivity index (χ0) is 13.7. The fraction of sp³-hybridized carbons (Fsp3) is 0.133. The average molecular weight is 277 g/mol. The highest BCUT2D eigenvalue weighted by Gasteiger charge is 2.09. The number of hydrogen-bond donors (Lipinski definition) is 0. The van der Waals surface area contributed by atoms with Crippen LogP contribution in [0.1, 0.15) is 10.4 Å². The first-order chi connectivity index (χ1) is 9.20. The quantitative estimate of drug-likeness (QED) is 0.783. The van der Waals surface area contributed by atoms with Crippen molar-refractivity contribution in [2.24, 2.45) is 0 Å². The molecule has 0 aliphatic rings. The number of ether oxygens (including phenoxy) is 2. The summed E-state index contributed by atoms with van der Waals surface area (Å²) in [6.45, 7) is -0.0548. The normalized spacial score (nSPS) is 10.0. The minimum absolute atomic E-state index is 0.0548. The lowest BCUT2D eigenvalue weighted by Gasteiger charge is -2.09. The molecule has 0 amide bonds. The van der Waals surface area contributed by atoms with E-state index in [1.54, 1.807) is 43.5 Å². The topological polar surface area (TPSA) is 35.5 Å². The lowest BCUT2D eigenvalue weighted by molar-refractivity contribution is 0.0919. The van der Waals surface area contributed by atoms with E-state index >= 15 is 0 Å². The number of carbonyl (C=O) groups is 1. The smallest absolute Gasteiger partial charge is 0.200 e. The molecule has 2 rings (SSSR count). The Bertz CT molecular complexity index is 581. The Kier molecular flexibility index (Phi) is 4.42. The van der Waals surface area contributed by atoms with Crippen molar-refractivity contribution in [2.75, 3.05) is 13.7 Å². The van der Waals surface area contributed by atoms with Crippen molar-refractivity contribution >= 4 is 17.4 Å². The van der Waals surface area contributed by atoms with Crippen LogP contribution in [0.25, 0.3) is 0 Å². The number of halogens is 1. The van der Waals surface area contributed by atoms with Gasteiger partial charge in [-0.25, -0.2) is 0 Å². The first-order valence-corrected chi connectivity index (χ1v) is 6.13. The van der Waals surface area contributed by atoms with Gasteiger partial charge < -0.3 is 9.47 Å². The van der Waals surface area contributed by atoms with Gasteiger partial charge in [0.25, 0.3) is 0 Å². The van der Waals surface area contributed by atoms with E-state index < -0.39 is 0 Å². The summed E-state index contributed by atoms with van der Waals surface area (Å²) in [4.78, 5) is 11.9. The highest BCUT2D eigenvalue weighted by atomic mass is 35.5. The molecular formula is C15H13ClO3. The summed E-state index contributed by atoms with van der Waals surface area (Å²) in [5, 5.41) is 0.531. The fourth-order valence-electron chi connectivity index (χ4n) is 1.63. The van der Waals surface area contributed by atoms with Crippen molar-refractivity contribution in [2.45, 2.75) is 0 Å². The molecule has 0 N–H and O–H groups in total. The van der Waals surface area contributed by atoms with E-state index in [4.69, 9.17) is 21.1 Å². The lowest BCUT2D eigenvalue weighted by atomic mass is 10.1. The van der Waals surface area contributed by atoms with Crippen LogP contribution in [-0.2, 0) is 0 Å². The van der Waals surface area contributed by atoms with Gasteiger partial charge in [0.15, 0.2) is 23.9 Å². The maximum atomic E-state index is 11.9. The first-order valence-electron chi connectivity index (χ1n) is 5.75. The minimum atomic E-state index is -0.131. The van der Waals surface area contributed by atoms with E-state index in [1.807, 2.05) is 12.1 Å². The Balaban J connectivity index is 2.04. The van der Waals surface area contributed by atoms with Gasteiger partial charge in [-0.1, -0.05) is 35.9 Å². The molecule has 4 heteroatoms. The highest BCUT2D eigenvalue weighted by Crippen LogP contribution is 2.25. The molecule has 0 spiro atoms. The monoisotopic (exact) mass is 276 g/mol. The van der Waals surface area contributed by atoms with Crippen molar-refractivity contribution in [3.05, 3.63) is 59.1 Å². The number of Topliss-reactive ketones (excluding diaryl/α,β-unsaturated/α-hetero) is 1. The van der Waals surface area contributed by atoms with Gasteiger partial charge in [-0.2, -0.15) is 0 Å². The van der Waals surface area contributed by atoms with Crippen LogP contribution in [0.3, 0.4) is 0 Å². The largest absolute Gasteiger partial charge is 0.493 e. The van der Waals surface area contributed by atoms with Crippen molar-refractivity contribution in [3.63, 3.8) is 0 Å². The van der Waals surface area contributed by atoms with Gasteiger partial charge in [0.05, 0.1) is 7.11 Å². The molecule has 2 aromatic carbocycles. The zero-order valence-corrected chi connectivity index (χ0v) is 11.2. The van der Waals surface area contributed by atoms with Crippen LogP contribution in [0.5, 0.6) is 11.5 Å². The van der Waals surface area contributed by atoms with Crippen molar-refractivity contribution in [1.29, 1.82) is 0 Å². The lowest BCUT2D eigenvalue weighted by Crippen LogP contribution is -2.11. The number of ketones is 1. The predicted octanol–water partition coefficient (Wildman–Crippen LogP) is 3.61. The fourth-order valence-corrected chi connectivity index (χ4v) is 1.82. The maximum absolute atomic E-state index is 11.9. The van der Waals surface area contributed by atoms with Crippen LogP contribution in [-0.4, -0.2) is 19.5 Å². The van der Waals surface area contributed by atoms with E-state index in [1.165, 1.54) is 0 Å². The van der Waals surface area contributed by atoms with Crippen molar-refractivity contribution in [1.82, 2.24) is 0 Å². The molecule has 0 heterocycles. The number of hydrogen-bond acceptors (Lipinski definition) is 3. The number of carbonyl (C=O) groups excluding carboxylic acids is 1. The van der Waals surface area contributed by atoms with Crippen LogP contribution >= 0.6 is 11.6 Å². The average Bonchev–Trinajstić information content (AvgIpc) is 2.45. The van der Waals surface area contributed by atoms with Crippen LogP contribution in [0.15, 0.2) is 48.5 Å². The van der Waals surface area contributed by atoms with Crippen molar-refractivity contribution in [3.8, 4) is 11.5 Å². The van der Waals surface area contributed by atoms with Gasteiger partial charge in [-0.3, -0.25) is 4.79 Å². The Labute approximate surface area is 116 Å². The summed E-state index contributed by atoms with van der Waals surface area (Å²) >= 11 is 5.84. The molecule has 0 unspecified atom stereocenters. The van der Waals surface area contributed by atoms with E-state index in [2.05, 4.69) is 0 Å². The zero-order valence-electron chi connectivity index (χ0n) is 10.4. The number of methoxy groups -OCH3 is 1. The molecule has 0 saturated heterocycles. The Hall–Kier alpha value is -2.00. The van der Waals surface area contributed by atoms with Crippen LogP contribution < -0.4 is 9.47 Å². The van der Waals surface area contributed by atoms with Crippen LogP contribution in [0.2, 0.25) is 5.02 Å². The summed E-state index contributed by atoms with van der Waals surface area (Å²) in [6.07, 6.45) is 0. The van der Waals surface area contributed by atoms with E-state index in [-0.39, 0.29) is 12.4 Å². The van der Waals surface area contributed by atoms with E-state index in [0.717, 1.165) is 0 Å². The molecule has 0 saturated carbocycles. The molecule has 19 heavy (non-hydrogen) atoms. The van der Waals surface area contributed by atoms with Gasteiger partial charge in [0.1, 0.15) is 0 Å². The molecule has 0 atom stereocenters. The summed E-state index contributed by atoms with van der Waals surface area (Å²) in [7, 11) is 1.56. The first kappa shape index (κ1) is 13.4. The summed E-state index contributed by atoms with van der Waals surface area (Å²) in [5.74, 6) is 1.01. The molecule has 0 aromatic heterocycles. The molecule has 0 radical (unpaired) electrons. The third kappa shape index (κ3) is 3.48. The second-order valence-electron chi connectivity index (χ2n) is 3.87. The molecule has 0 bridgehead atoms. The predicted molar refractivity (Wildman–Crippen MR) is 74.3 cm³/mol. The second-order valence-corrected chi connectivity index (χ2v) is 4.31. The van der Waals surface area contributed by atoms with Crippen LogP contribution in [0.4, 0.5) is 0 Å².